The van der Waals surface area contributed by atoms with E-state index in [0.29, 0.717) is 18.4 Å². The average molecular weight is 437 g/mol. The lowest BCUT2D eigenvalue weighted by Crippen LogP contribution is -2.41. The molecule has 0 bridgehead atoms. The summed E-state index contributed by atoms with van der Waals surface area (Å²) in [6, 6.07) is 5.63. The van der Waals surface area contributed by atoms with Crippen LogP contribution in [0.2, 0.25) is 0 Å². The number of hydrogen-bond donors (Lipinski definition) is 2. The van der Waals surface area contributed by atoms with Crippen molar-refractivity contribution in [1.82, 2.24) is 4.72 Å². The maximum absolute atomic E-state index is 12.5. The highest BCUT2D eigenvalue weighted by atomic mass is 32.2. The van der Waals surface area contributed by atoms with Crippen molar-refractivity contribution in [3.8, 4) is 0 Å². The predicted octanol–water partition coefficient (Wildman–Crippen LogP) is 4.24. The minimum absolute atomic E-state index is 0.0926. The Morgan fingerprint density at radius 2 is 2.03 bits per heavy atom. The Hall–Kier alpha value is -2.52. The van der Waals surface area contributed by atoms with Crippen LogP contribution >= 0.6 is 0 Å². The molecule has 30 heavy (non-hydrogen) atoms. The van der Waals surface area contributed by atoms with Crippen LogP contribution in [0.4, 0.5) is 5.69 Å². The number of unbranched alkanes of at least 4 members (excludes halogenated alkanes) is 1. The van der Waals surface area contributed by atoms with Gasteiger partial charge in [0.1, 0.15) is 0 Å². The summed E-state index contributed by atoms with van der Waals surface area (Å²) in [5, 5.41) is 20.5. The van der Waals surface area contributed by atoms with Crippen LogP contribution in [0.25, 0.3) is 6.08 Å². The summed E-state index contributed by atoms with van der Waals surface area (Å²) in [5.41, 5.74) is 0.351. The maximum atomic E-state index is 12.5. The third kappa shape index (κ3) is 8.46. The van der Waals surface area contributed by atoms with Crippen LogP contribution in [0.15, 0.2) is 41.8 Å². The molecular formula is C21H28N2O6S. The second-order valence-electron chi connectivity index (χ2n) is 7.46. The van der Waals surface area contributed by atoms with E-state index in [4.69, 9.17) is 5.11 Å². The molecule has 164 valence electrons. The highest BCUT2D eigenvalue weighted by molar-refractivity contribution is 7.92. The number of carbonyl (C=O) groups is 1. The number of aliphatic carboxylic acids is 1. The lowest BCUT2D eigenvalue weighted by molar-refractivity contribution is -0.384. The van der Waals surface area contributed by atoms with Crippen LogP contribution < -0.4 is 4.72 Å². The first-order chi connectivity index (χ1) is 14.3. The van der Waals surface area contributed by atoms with Crippen molar-refractivity contribution in [2.24, 2.45) is 5.92 Å². The molecule has 0 amide bonds. The zero-order valence-corrected chi connectivity index (χ0v) is 17.6. The molecule has 1 fully saturated rings. The highest BCUT2D eigenvalue weighted by Gasteiger charge is 2.27. The van der Waals surface area contributed by atoms with Gasteiger partial charge in [0, 0.05) is 30.0 Å². The Morgan fingerprint density at radius 3 is 2.77 bits per heavy atom. The largest absolute Gasteiger partial charge is 0.481 e. The standard InChI is InChI=1S/C21H28N2O6S/c24-21(25)13-4-2-1-3-9-18-10-5-6-12-20(18)22-30(28,29)15-14-17-8-7-11-19(16-17)23(26)27/h1,3,7-8,11,14-16,18,20,22H,2,4-6,9-10,12-13H2,(H,24,25)/b3-1+,15-14+. The summed E-state index contributed by atoms with van der Waals surface area (Å²) in [7, 11) is -3.68. The summed E-state index contributed by atoms with van der Waals surface area (Å²) in [6.45, 7) is 0. The van der Waals surface area contributed by atoms with E-state index in [9.17, 15) is 23.3 Å². The Labute approximate surface area is 176 Å². The number of carboxylic acid groups (broad SMARTS) is 1. The number of nitrogens with zero attached hydrogens (tertiary/aromatic N) is 1. The van der Waals surface area contributed by atoms with Gasteiger partial charge in [-0.1, -0.05) is 37.1 Å². The zero-order chi connectivity index (χ0) is 22.0. The predicted molar refractivity (Wildman–Crippen MR) is 115 cm³/mol. The number of nitro groups is 1. The molecule has 0 radical (unpaired) electrons. The van der Waals surface area contributed by atoms with Crippen molar-refractivity contribution in [2.75, 3.05) is 0 Å². The van der Waals surface area contributed by atoms with Gasteiger partial charge in [-0.15, -0.1) is 0 Å². The van der Waals surface area contributed by atoms with Crippen molar-refractivity contribution in [3.63, 3.8) is 0 Å². The molecule has 0 spiro atoms. The molecule has 2 atom stereocenters. The van der Waals surface area contributed by atoms with Crippen molar-refractivity contribution in [1.29, 1.82) is 0 Å². The fraction of sp³-hybridized carbons (Fsp3) is 0.476. The quantitative estimate of drug-likeness (QED) is 0.231. The average Bonchev–Trinajstić information content (AvgIpc) is 2.70. The van der Waals surface area contributed by atoms with Gasteiger partial charge in [-0.25, -0.2) is 13.1 Å². The first-order valence-electron chi connectivity index (χ1n) is 10.1. The molecule has 8 nitrogen and oxygen atoms in total. The summed E-state index contributed by atoms with van der Waals surface area (Å²) in [6.07, 6.45) is 11.2. The van der Waals surface area contributed by atoms with Crippen molar-refractivity contribution in [2.45, 2.75) is 57.4 Å². The van der Waals surface area contributed by atoms with Crippen LogP contribution in [0.5, 0.6) is 0 Å². The first-order valence-corrected chi connectivity index (χ1v) is 11.6. The third-order valence-electron chi connectivity index (χ3n) is 5.11. The molecule has 2 unspecified atom stereocenters. The van der Waals surface area contributed by atoms with Crippen LogP contribution in [0.3, 0.4) is 0 Å². The molecule has 1 aromatic carbocycles. The summed E-state index contributed by atoms with van der Waals surface area (Å²) in [5.74, 6) is -0.612. The number of sulfonamides is 1. The molecule has 2 rings (SSSR count). The van der Waals surface area contributed by atoms with E-state index in [2.05, 4.69) is 4.72 Å². The maximum Gasteiger partial charge on any atom is 0.303 e. The Bertz CT molecular complexity index is 895. The van der Waals surface area contributed by atoms with Gasteiger partial charge in [0.15, 0.2) is 0 Å². The molecule has 0 aromatic heterocycles. The fourth-order valence-electron chi connectivity index (χ4n) is 3.57. The molecule has 1 aliphatic carbocycles. The lowest BCUT2D eigenvalue weighted by atomic mass is 9.83. The van der Waals surface area contributed by atoms with Gasteiger partial charge in [0.25, 0.3) is 5.69 Å². The number of allylic oxidation sites excluding steroid dienone is 2. The van der Waals surface area contributed by atoms with Crippen LogP contribution in [-0.2, 0) is 14.8 Å². The van der Waals surface area contributed by atoms with Gasteiger partial charge in [-0.3, -0.25) is 14.9 Å². The number of benzene rings is 1. The minimum Gasteiger partial charge on any atom is -0.481 e. The first kappa shape index (κ1) is 23.8. The Morgan fingerprint density at radius 1 is 1.27 bits per heavy atom. The van der Waals surface area contributed by atoms with Crippen LogP contribution in [0, 0.1) is 16.0 Å². The second-order valence-corrected chi connectivity index (χ2v) is 9.06. The van der Waals surface area contributed by atoms with Crippen molar-refractivity contribution < 1.29 is 23.2 Å². The van der Waals surface area contributed by atoms with Crippen molar-refractivity contribution in [3.05, 3.63) is 57.5 Å². The molecule has 1 aromatic rings. The summed E-state index contributed by atoms with van der Waals surface area (Å²) < 4.78 is 27.8. The normalized spacial score (nSPS) is 20.0. The van der Waals surface area contributed by atoms with E-state index >= 15 is 0 Å². The fourth-order valence-corrected chi connectivity index (χ4v) is 4.71. The summed E-state index contributed by atoms with van der Waals surface area (Å²) in [4.78, 5) is 20.8. The highest BCUT2D eigenvalue weighted by Crippen LogP contribution is 2.28. The van der Waals surface area contributed by atoms with E-state index in [1.165, 1.54) is 24.3 Å². The number of nitro benzene ring substituents is 1. The van der Waals surface area contributed by atoms with E-state index in [-0.39, 0.29) is 24.1 Å². The molecule has 9 heteroatoms. The Kier molecular flexibility index (Phi) is 9.19. The number of rotatable bonds is 11. The molecule has 1 aliphatic rings. The molecule has 2 N–H and O–H groups in total. The van der Waals surface area contributed by atoms with E-state index in [1.807, 2.05) is 12.2 Å². The van der Waals surface area contributed by atoms with E-state index in [0.717, 1.165) is 37.5 Å². The minimum atomic E-state index is -3.68. The van der Waals surface area contributed by atoms with Gasteiger partial charge in [0.05, 0.1) is 4.92 Å². The van der Waals surface area contributed by atoms with E-state index in [1.54, 1.807) is 6.07 Å². The van der Waals surface area contributed by atoms with Gasteiger partial charge < -0.3 is 5.11 Å². The topological polar surface area (TPSA) is 127 Å². The zero-order valence-electron chi connectivity index (χ0n) is 16.8. The van der Waals surface area contributed by atoms with Crippen molar-refractivity contribution >= 4 is 27.8 Å². The lowest BCUT2D eigenvalue weighted by Gasteiger charge is -2.31. The van der Waals surface area contributed by atoms with Gasteiger partial charge in [-0.05, 0) is 49.7 Å². The number of carboxylic acids is 1. The molecule has 0 heterocycles. The van der Waals surface area contributed by atoms with Crippen LogP contribution in [0.1, 0.15) is 56.9 Å². The van der Waals surface area contributed by atoms with E-state index < -0.39 is 20.9 Å². The molecule has 0 saturated heterocycles. The monoisotopic (exact) mass is 436 g/mol. The molecule has 1 saturated carbocycles. The van der Waals surface area contributed by atoms with Gasteiger partial charge >= 0.3 is 5.97 Å². The smallest absolute Gasteiger partial charge is 0.303 e. The Balaban J connectivity index is 1.94. The number of hydrogen-bond acceptors (Lipinski definition) is 5. The second kappa shape index (κ2) is 11.6. The number of nitrogens with one attached hydrogen (secondary N) is 1. The summed E-state index contributed by atoms with van der Waals surface area (Å²) >= 11 is 0. The third-order valence-corrected chi connectivity index (χ3v) is 6.24. The number of non-ortho nitro benzene ring substituents is 1. The van der Waals surface area contributed by atoms with Gasteiger partial charge in [0.2, 0.25) is 10.0 Å². The SMILES string of the molecule is O=C(O)CCC/C=C/CC1CCCCC1NS(=O)(=O)/C=C/c1cccc([N+](=O)[O-])c1. The van der Waals surface area contributed by atoms with Gasteiger partial charge in [-0.2, -0.15) is 0 Å². The van der Waals surface area contributed by atoms with Crippen LogP contribution in [-0.4, -0.2) is 30.5 Å². The molecule has 0 aliphatic heterocycles. The molecular weight excluding hydrogens is 408 g/mol.